The van der Waals surface area contributed by atoms with Crippen molar-refractivity contribution in [2.75, 3.05) is 38.0 Å². The molecule has 2 aromatic rings. The van der Waals surface area contributed by atoms with Crippen LogP contribution in [0, 0.1) is 5.82 Å². The van der Waals surface area contributed by atoms with E-state index in [4.69, 9.17) is 0 Å². The highest BCUT2D eigenvalue weighted by atomic mass is 35.5. The topological polar surface area (TPSA) is 52.7 Å². The van der Waals surface area contributed by atoms with Crippen LogP contribution in [0.3, 0.4) is 0 Å². The Kier molecular flexibility index (Phi) is 6.69. The molecule has 0 saturated carbocycles. The fourth-order valence-corrected chi connectivity index (χ4v) is 4.86. The van der Waals surface area contributed by atoms with Crippen LogP contribution < -0.4 is 5.32 Å². The van der Waals surface area contributed by atoms with E-state index in [2.05, 4.69) is 11.4 Å². The first kappa shape index (κ1) is 20.8. The normalized spacial score (nSPS) is 16.4. The number of hydrogen-bond donors (Lipinski definition) is 1. The SMILES string of the molecule is Cl.O=C(CN1CCN(C(=O)c2cc3c(s2)CCC3)CC1)Nc1ccc(F)cc1. The number of carbonyl (C=O) groups is 2. The predicted molar refractivity (Wildman–Crippen MR) is 111 cm³/mol. The molecule has 0 atom stereocenters. The fourth-order valence-electron chi connectivity index (χ4n) is 3.64. The summed E-state index contributed by atoms with van der Waals surface area (Å²) in [7, 11) is 0. The second kappa shape index (κ2) is 9.03. The maximum absolute atomic E-state index is 12.9. The first-order valence-electron chi connectivity index (χ1n) is 9.27. The molecule has 1 aromatic carbocycles. The molecular weight excluding hydrogens is 401 g/mol. The van der Waals surface area contributed by atoms with Gasteiger partial charge in [-0.05, 0) is 55.2 Å². The summed E-state index contributed by atoms with van der Waals surface area (Å²) in [6.45, 7) is 2.88. The molecule has 1 aromatic heterocycles. The number of rotatable bonds is 4. The first-order chi connectivity index (χ1) is 13.1. The lowest BCUT2D eigenvalue weighted by atomic mass is 10.2. The molecule has 1 saturated heterocycles. The predicted octanol–water partition coefficient (Wildman–Crippen LogP) is 3.19. The lowest BCUT2D eigenvalue weighted by Gasteiger charge is -2.34. The minimum atomic E-state index is -0.329. The zero-order chi connectivity index (χ0) is 18.8. The molecule has 1 N–H and O–H groups in total. The van der Waals surface area contributed by atoms with Gasteiger partial charge >= 0.3 is 0 Å². The van der Waals surface area contributed by atoms with E-state index in [1.807, 2.05) is 9.80 Å². The van der Waals surface area contributed by atoms with Gasteiger partial charge in [0, 0.05) is 36.7 Å². The summed E-state index contributed by atoms with van der Waals surface area (Å²) in [5.41, 5.74) is 1.93. The van der Waals surface area contributed by atoms with Gasteiger partial charge in [-0.1, -0.05) is 0 Å². The van der Waals surface area contributed by atoms with Crippen LogP contribution in [-0.4, -0.2) is 54.3 Å². The zero-order valence-electron chi connectivity index (χ0n) is 15.4. The van der Waals surface area contributed by atoms with E-state index in [-0.39, 0.29) is 36.6 Å². The number of halogens is 2. The van der Waals surface area contributed by atoms with Crippen LogP contribution in [0.15, 0.2) is 30.3 Å². The van der Waals surface area contributed by atoms with E-state index < -0.39 is 0 Å². The minimum absolute atomic E-state index is 0. The van der Waals surface area contributed by atoms with Gasteiger partial charge in [-0.15, -0.1) is 23.7 Å². The number of amides is 2. The van der Waals surface area contributed by atoms with Crippen molar-refractivity contribution >= 4 is 41.2 Å². The Labute approximate surface area is 173 Å². The van der Waals surface area contributed by atoms with Gasteiger partial charge in [-0.2, -0.15) is 0 Å². The van der Waals surface area contributed by atoms with E-state index >= 15 is 0 Å². The molecular formula is C20H23ClFN3O2S. The largest absolute Gasteiger partial charge is 0.335 e. The summed E-state index contributed by atoms with van der Waals surface area (Å²) in [5, 5.41) is 2.77. The third-order valence-corrected chi connectivity index (χ3v) is 6.34. The van der Waals surface area contributed by atoms with Crippen molar-refractivity contribution in [1.29, 1.82) is 0 Å². The van der Waals surface area contributed by atoms with Gasteiger partial charge in [0.15, 0.2) is 0 Å². The second-order valence-electron chi connectivity index (χ2n) is 7.04. The van der Waals surface area contributed by atoms with Gasteiger partial charge in [-0.3, -0.25) is 14.5 Å². The highest BCUT2D eigenvalue weighted by Crippen LogP contribution is 2.31. The van der Waals surface area contributed by atoms with Crippen molar-refractivity contribution in [3.05, 3.63) is 51.5 Å². The van der Waals surface area contributed by atoms with Crippen LogP contribution in [0.25, 0.3) is 0 Å². The van der Waals surface area contributed by atoms with Gasteiger partial charge in [-0.25, -0.2) is 4.39 Å². The Hall–Kier alpha value is -1.96. The number of nitrogens with zero attached hydrogens (tertiary/aromatic N) is 2. The monoisotopic (exact) mass is 423 g/mol. The molecule has 0 bridgehead atoms. The molecule has 28 heavy (non-hydrogen) atoms. The average molecular weight is 424 g/mol. The fraction of sp³-hybridized carbons (Fsp3) is 0.400. The molecule has 0 spiro atoms. The van der Waals surface area contributed by atoms with Gasteiger partial charge in [0.2, 0.25) is 5.91 Å². The number of thiophene rings is 1. The Morgan fingerprint density at radius 3 is 2.46 bits per heavy atom. The zero-order valence-corrected chi connectivity index (χ0v) is 17.1. The van der Waals surface area contributed by atoms with Crippen LogP contribution in [0.2, 0.25) is 0 Å². The van der Waals surface area contributed by atoms with Gasteiger partial charge in [0.25, 0.3) is 5.91 Å². The van der Waals surface area contributed by atoms with Crippen molar-refractivity contribution in [2.24, 2.45) is 0 Å². The number of aryl methyl sites for hydroxylation is 2. The number of hydrogen-bond acceptors (Lipinski definition) is 4. The van der Waals surface area contributed by atoms with Crippen LogP contribution in [0.5, 0.6) is 0 Å². The van der Waals surface area contributed by atoms with Crippen LogP contribution in [-0.2, 0) is 17.6 Å². The molecule has 8 heteroatoms. The number of benzene rings is 1. The van der Waals surface area contributed by atoms with Crippen molar-refractivity contribution < 1.29 is 14.0 Å². The number of piperazine rings is 1. The van der Waals surface area contributed by atoms with Crippen molar-refractivity contribution in [3.8, 4) is 0 Å². The Morgan fingerprint density at radius 2 is 1.79 bits per heavy atom. The van der Waals surface area contributed by atoms with Gasteiger partial charge < -0.3 is 10.2 Å². The molecule has 2 heterocycles. The summed E-state index contributed by atoms with van der Waals surface area (Å²) in [5.74, 6) is -0.342. The molecule has 2 aliphatic rings. The van der Waals surface area contributed by atoms with E-state index in [9.17, 15) is 14.0 Å². The molecule has 1 fully saturated rings. The van der Waals surface area contributed by atoms with E-state index in [1.165, 1.54) is 29.0 Å². The molecule has 2 amide bonds. The van der Waals surface area contributed by atoms with Crippen molar-refractivity contribution in [2.45, 2.75) is 19.3 Å². The third-order valence-electron chi connectivity index (χ3n) is 5.11. The minimum Gasteiger partial charge on any atom is -0.335 e. The summed E-state index contributed by atoms with van der Waals surface area (Å²) in [6, 6.07) is 7.79. The summed E-state index contributed by atoms with van der Waals surface area (Å²) in [4.78, 5) is 31.0. The molecule has 0 unspecified atom stereocenters. The van der Waals surface area contributed by atoms with Gasteiger partial charge in [0.05, 0.1) is 11.4 Å². The standard InChI is InChI=1S/C20H22FN3O2S.ClH/c21-15-4-6-16(7-5-15)22-19(25)13-23-8-10-24(11-9-23)20(26)18-12-14-2-1-3-17(14)27-18;/h4-7,12H,1-3,8-11,13H2,(H,22,25);1H. The van der Waals surface area contributed by atoms with Crippen LogP contribution in [0.1, 0.15) is 26.5 Å². The highest BCUT2D eigenvalue weighted by Gasteiger charge is 2.26. The summed E-state index contributed by atoms with van der Waals surface area (Å²) < 4.78 is 12.9. The number of anilines is 1. The lowest BCUT2D eigenvalue weighted by molar-refractivity contribution is -0.117. The van der Waals surface area contributed by atoms with Crippen LogP contribution in [0.4, 0.5) is 10.1 Å². The summed E-state index contributed by atoms with van der Waals surface area (Å²) in [6.07, 6.45) is 3.40. The van der Waals surface area contributed by atoms with E-state index in [0.29, 0.717) is 31.9 Å². The number of nitrogens with one attached hydrogen (secondary N) is 1. The second-order valence-corrected chi connectivity index (χ2v) is 8.17. The quantitative estimate of drug-likeness (QED) is 0.821. The first-order valence-corrected chi connectivity index (χ1v) is 10.1. The maximum atomic E-state index is 12.9. The van der Waals surface area contributed by atoms with Crippen molar-refractivity contribution in [3.63, 3.8) is 0 Å². The van der Waals surface area contributed by atoms with Gasteiger partial charge in [0.1, 0.15) is 5.82 Å². The van der Waals surface area contributed by atoms with E-state index in [1.54, 1.807) is 23.5 Å². The molecule has 1 aliphatic carbocycles. The highest BCUT2D eigenvalue weighted by molar-refractivity contribution is 7.14. The third kappa shape index (κ3) is 4.71. The Bertz CT molecular complexity index is 826. The van der Waals surface area contributed by atoms with E-state index in [0.717, 1.165) is 17.7 Å². The Balaban J connectivity index is 0.00000225. The summed E-state index contributed by atoms with van der Waals surface area (Å²) >= 11 is 1.64. The molecule has 4 rings (SSSR count). The maximum Gasteiger partial charge on any atom is 0.264 e. The number of carbonyl (C=O) groups excluding carboxylic acids is 2. The lowest BCUT2D eigenvalue weighted by Crippen LogP contribution is -2.50. The van der Waals surface area contributed by atoms with Crippen LogP contribution >= 0.6 is 23.7 Å². The molecule has 1 aliphatic heterocycles. The molecule has 5 nitrogen and oxygen atoms in total. The Morgan fingerprint density at radius 1 is 1.07 bits per heavy atom. The number of fused-ring (bicyclic) bond motifs is 1. The molecule has 150 valence electrons. The average Bonchev–Trinajstić information content (AvgIpc) is 3.26. The smallest absolute Gasteiger partial charge is 0.264 e. The van der Waals surface area contributed by atoms with Crippen molar-refractivity contribution in [1.82, 2.24) is 9.80 Å². The molecule has 0 radical (unpaired) electrons.